The van der Waals surface area contributed by atoms with Gasteiger partial charge in [0.05, 0.1) is 104 Å². The maximum Gasteiger partial charge on any atom is 0.122 e. The summed E-state index contributed by atoms with van der Waals surface area (Å²) >= 11 is 0. The van der Waals surface area contributed by atoms with Gasteiger partial charge in [0.2, 0.25) is 0 Å². The van der Waals surface area contributed by atoms with Crippen molar-refractivity contribution in [3.63, 3.8) is 0 Å². The second kappa shape index (κ2) is 22.7. The van der Waals surface area contributed by atoms with Gasteiger partial charge >= 0.3 is 0 Å². The predicted molar refractivity (Wildman–Crippen MR) is 231 cm³/mol. The van der Waals surface area contributed by atoms with Crippen LogP contribution in [-0.2, 0) is 47.0 Å². The van der Waals surface area contributed by atoms with Crippen LogP contribution in [0.25, 0.3) is 11.1 Å². The van der Waals surface area contributed by atoms with Crippen LogP contribution in [0.15, 0.2) is 72.8 Å². The molecule has 0 aliphatic heterocycles. The van der Waals surface area contributed by atoms with Gasteiger partial charge in [-0.05, 0) is 98.2 Å². The van der Waals surface area contributed by atoms with Gasteiger partial charge in [0.1, 0.15) is 18.9 Å². The van der Waals surface area contributed by atoms with Crippen molar-refractivity contribution in [1.29, 1.82) is 0 Å². The SMILES string of the molecule is CC[N+](CC)(CC)Cc1cc(C2(c3ccc(OCCOCCOCCOC)c(C)c3)c3cc(C)ccc3-c3ccc(C)cc32)ccc1COCCOCCOCCO. The molecule has 9 heteroatoms. The van der Waals surface area contributed by atoms with E-state index in [1.54, 1.807) is 7.11 Å². The fourth-order valence-corrected chi connectivity index (χ4v) is 8.26. The van der Waals surface area contributed by atoms with Gasteiger partial charge in [-0.25, -0.2) is 0 Å². The molecule has 0 fully saturated rings. The molecule has 0 atom stereocenters. The van der Waals surface area contributed by atoms with Gasteiger partial charge in [-0.15, -0.1) is 0 Å². The number of fused-ring (bicyclic) bond motifs is 3. The molecule has 0 saturated heterocycles. The highest BCUT2D eigenvalue weighted by Crippen LogP contribution is 2.57. The van der Waals surface area contributed by atoms with Crippen LogP contribution in [-0.4, -0.2) is 116 Å². The number of aryl methyl sites for hydroxylation is 3. The zero-order valence-electron chi connectivity index (χ0n) is 36.2. The molecular formula is C49H68NO8+. The lowest BCUT2D eigenvalue weighted by atomic mass is 9.66. The molecular weight excluding hydrogens is 731 g/mol. The Morgan fingerprint density at radius 1 is 0.534 bits per heavy atom. The average molecular weight is 799 g/mol. The van der Waals surface area contributed by atoms with Crippen molar-refractivity contribution in [3.05, 3.63) is 123 Å². The fraction of sp³-hybridized carbons (Fsp3) is 0.510. The Morgan fingerprint density at radius 2 is 1.05 bits per heavy atom. The average Bonchev–Trinajstić information content (AvgIpc) is 3.51. The molecule has 0 amide bonds. The van der Waals surface area contributed by atoms with Crippen molar-refractivity contribution in [2.45, 2.75) is 60.1 Å². The minimum Gasteiger partial charge on any atom is -0.491 e. The standard InChI is InChI=1S/C49H68NO8/c1-8-50(9-2,10-3)35-41-34-43(14-13-40(41)36-57-28-27-55-24-23-53-20-19-51)49(46-31-37(4)11-16-44(46)45-17-12-38(5)32-47(45)49)42-15-18-48(39(6)33-42)58-30-29-56-26-25-54-22-21-52-7/h11-18,31-34,51H,8-10,19-30,35-36H2,1-7H3/q+1. The van der Waals surface area contributed by atoms with E-state index in [-0.39, 0.29) is 6.61 Å². The highest BCUT2D eigenvalue weighted by atomic mass is 16.6. The minimum atomic E-state index is -0.557. The largest absolute Gasteiger partial charge is 0.491 e. The number of methoxy groups -OCH3 is 1. The van der Waals surface area contributed by atoms with E-state index < -0.39 is 5.41 Å². The minimum absolute atomic E-state index is 0.0167. The number of quaternary nitrogens is 1. The smallest absolute Gasteiger partial charge is 0.122 e. The van der Waals surface area contributed by atoms with E-state index in [4.69, 9.17) is 38.3 Å². The monoisotopic (exact) mass is 798 g/mol. The number of hydrogen-bond acceptors (Lipinski definition) is 8. The van der Waals surface area contributed by atoms with Gasteiger partial charge in [-0.1, -0.05) is 71.8 Å². The van der Waals surface area contributed by atoms with Crippen LogP contribution >= 0.6 is 0 Å². The Balaban J connectivity index is 1.52. The Labute approximate surface area is 347 Å². The highest BCUT2D eigenvalue weighted by Gasteiger charge is 2.47. The molecule has 58 heavy (non-hydrogen) atoms. The number of ether oxygens (including phenoxy) is 7. The van der Waals surface area contributed by atoms with Crippen LogP contribution in [0.1, 0.15) is 70.8 Å². The van der Waals surface area contributed by atoms with E-state index in [0.29, 0.717) is 79.3 Å². The summed E-state index contributed by atoms with van der Waals surface area (Å²) in [7, 11) is 1.67. The molecule has 0 aromatic heterocycles. The summed E-state index contributed by atoms with van der Waals surface area (Å²) in [6, 6.07) is 27.8. The third-order valence-corrected chi connectivity index (χ3v) is 11.7. The fourth-order valence-electron chi connectivity index (χ4n) is 8.26. The Kier molecular flexibility index (Phi) is 17.7. The van der Waals surface area contributed by atoms with Crippen LogP contribution in [0.4, 0.5) is 0 Å². The summed E-state index contributed by atoms with van der Waals surface area (Å²) in [6.45, 7) is 23.4. The molecule has 0 heterocycles. The first-order valence-electron chi connectivity index (χ1n) is 21.2. The van der Waals surface area contributed by atoms with Crippen LogP contribution in [0.5, 0.6) is 5.75 Å². The summed E-state index contributed by atoms with van der Waals surface area (Å²) < 4.78 is 40.9. The van der Waals surface area contributed by atoms with Crippen molar-refractivity contribution in [2.75, 3.05) is 106 Å². The molecule has 1 aliphatic rings. The Hall–Kier alpha value is -3.64. The van der Waals surface area contributed by atoms with E-state index >= 15 is 0 Å². The predicted octanol–water partition coefficient (Wildman–Crippen LogP) is 7.95. The molecule has 5 rings (SSSR count). The second-order valence-electron chi connectivity index (χ2n) is 15.3. The van der Waals surface area contributed by atoms with Gasteiger partial charge in [0.15, 0.2) is 0 Å². The first kappa shape index (κ1) is 45.4. The lowest BCUT2D eigenvalue weighted by Gasteiger charge is -2.38. The lowest BCUT2D eigenvalue weighted by molar-refractivity contribution is -0.936. The molecule has 0 unspecified atom stereocenters. The highest BCUT2D eigenvalue weighted by molar-refractivity contribution is 5.87. The summed E-state index contributed by atoms with van der Waals surface area (Å²) in [4.78, 5) is 0. The van der Waals surface area contributed by atoms with Crippen molar-refractivity contribution in [1.82, 2.24) is 0 Å². The Morgan fingerprint density at radius 3 is 1.60 bits per heavy atom. The lowest BCUT2D eigenvalue weighted by Crippen LogP contribution is -2.46. The maximum atomic E-state index is 8.93. The topological polar surface area (TPSA) is 84.8 Å². The maximum absolute atomic E-state index is 8.93. The number of aliphatic hydroxyl groups excluding tert-OH is 1. The van der Waals surface area contributed by atoms with Crippen molar-refractivity contribution in [3.8, 4) is 16.9 Å². The summed E-state index contributed by atoms with van der Waals surface area (Å²) in [6.07, 6.45) is 0. The number of nitrogens with zero attached hydrogens (tertiary/aromatic N) is 1. The van der Waals surface area contributed by atoms with E-state index in [1.165, 1.54) is 55.6 Å². The van der Waals surface area contributed by atoms with Crippen LogP contribution in [0, 0.1) is 20.8 Å². The molecule has 1 aliphatic carbocycles. The number of rotatable bonds is 27. The molecule has 4 aromatic carbocycles. The summed E-state index contributed by atoms with van der Waals surface area (Å²) in [5, 5.41) is 8.93. The van der Waals surface area contributed by atoms with Crippen LogP contribution in [0.2, 0.25) is 0 Å². The third kappa shape index (κ3) is 10.9. The zero-order valence-corrected chi connectivity index (χ0v) is 36.2. The zero-order chi connectivity index (χ0) is 41.4. The van der Waals surface area contributed by atoms with E-state index in [1.807, 2.05) is 0 Å². The van der Waals surface area contributed by atoms with Gasteiger partial charge < -0.3 is 42.7 Å². The van der Waals surface area contributed by atoms with Gasteiger partial charge in [0.25, 0.3) is 0 Å². The normalized spacial score (nSPS) is 13.2. The van der Waals surface area contributed by atoms with E-state index in [9.17, 15) is 0 Å². The first-order valence-corrected chi connectivity index (χ1v) is 21.2. The molecule has 0 spiro atoms. The molecule has 316 valence electrons. The quantitative estimate of drug-likeness (QED) is 0.0424. The molecule has 1 N–H and O–H groups in total. The number of benzene rings is 4. The van der Waals surface area contributed by atoms with E-state index in [0.717, 1.165) is 42.0 Å². The molecule has 0 bridgehead atoms. The molecule has 0 saturated carbocycles. The van der Waals surface area contributed by atoms with Gasteiger partial charge in [-0.2, -0.15) is 0 Å². The van der Waals surface area contributed by atoms with Crippen molar-refractivity contribution < 1.29 is 42.7 Å². The number of aliphatic hydroxyl groups is 1. The van der Waals surface area contributed by atoms with E-state index in [2.05, 4.69) is 114 Å². The summed E-state index contributed by atoms with van der Waals surface area (Å²) in [5.41, 5.74) is 13.2. The van der Waals surface area contributed by atoms with Crippen molar-refractivity contribution >= 4 is 0 Å². The molecule has 0 radical (unpaired) electrons. The third-order valence-electron chi connectivity index (χ3n) is 11.7. The molecule has 4 aromatic rings. The van der Waals surface area contributed by atoms with Gasteiger partial charge in [-0.3, -0.25) is 0 Å². The van der Waals surface area contributed by atoms with Crippen molar-refractivity contribution in [2.24, 2.45) is 0 Å². The van der Waals surface area contributed by atoms with Crippen LogP contribution in [0.3, 0.4) is 0 Å². The summed E-state index contributed by atoms with van der Waals surface area (Å²) in [5.74, 6) is 0.858. The molecule has 9 nitrogen and oxygen atoms in total. The Bertz CT molecular complexity index is 1810. The first-order chi connectivity index (χ1) is 28.3. The van der Waals surface area contributed by atoms with Gasteiger partial charge in [0, 0.05) is 12.7 Å². The second-order valence-corrected chi connectivity index (χ2v) is 15.3. The van der Waals surface area contributed by atoms with Crippen LogP contribution < -0.4 is 4.74 Å². The number of hydrogen-bond donors (Lipinski definition) is 1.